The van der Waals surface area contributed by atoms with Gasteiger partial charge in [0.2, 0.25) is 5.91 Å². The summed E-state index contributed by atoms with van der Waals surface area (Å²) < 4.78 is 0.734. The number of carbonyl (C=O) groups excluding carboxylic acids is 2. The van der Waals surface area contributed by atoms with E-state index in [2.05, 4.69) is 35.7 Å². The minimum absolute atomic E-state index is 0.0241. The van der Waals surface area contributed by atoms with E-state index in [1.165, 1.54) is 30.9 Å². The summed E-state index contributed by atoms with van der Waals surface area (Å²) in [5, 5.41) is 20.6. The van der Waals surface area contributed by atoms with Gasteiger partial charge < -0.3 is 25.1 Å². The minimum atomic E-state index is -0.541. The smallest absolute Gasteiger partial charge is 0.358 e. The molecule has 4 aliphatic rings. The number of aromatic nitrogens is 2. The van der Waals surface area contributed by atoms with Crippen LogP contribution >= 0.6 is 15.9 Å². The van der Waals surface area contributed by atoms with E-state index in [0.717, 1.165) is 62.8 Å². The Morgan fingerprint density at radius 2 is 1.36 bits per heavy atom. The fourth-order valence-corrected chi connectivity index (χ4v) is 5.59. The van der Waals surface area contributed by atoms with Crippen LogP contribution in [0.5, 0.6) is 0 Å². The highest BCUT2D eigenvalue weighted by Crippen LogP contribution is 2.27. The number of carbonyl (C=O) groups is 2. The van der Waals surface area contributed by atoms with E-state index in [9.17, 15) is 29.8 Å². The average molecular weight is 604 g/mol. The molecule has 6 rings (SSSR count). The second-order valence-electron chi connectivity index (χ2n) is 9.67. The van der Waals surface area contributed by atoms with Crippen LogP contribution in [0.1, 0.15) is 38.5 Å². The largest absolute Gasteiger partial charge is 0.363 e. The van der Waals surface area contributed by atoms with Crippen molar-refractivity contribution in [3.8, 4) is 0 Å². The molecule has 2 aromatic rings. The van der Waals surface area contributed by atoms with Crippen LogP contribution in [-0.4, -0.2) is 86.1 Å². The molecule has 0 saturated carbocycles. The highest BCUT2D eigenvalue weighted by Gasteiger charge is 2.38. The molecule has 208 valence electrons. The molecular weight excluding hydrogens is 574 g/mol. The van der Waals surface area contributed by atoms with Crippen LogP contribution in [0.2, 0.25) is 0 Å². The van der Waals surface area contributed by atoms with Crippen LogP contribution in [0.3, 0.4) is 0 Å². The van der Waals surface area contributed by atoms with E-state index in [1.54, 1.807) is 17.0 Å². The number of pyridine rings is 2. The molecule has 13 nitrogen and oxygen atoms in total. The summed E-state index contributed by atoms with van der Waals surface area (Å²) in [4.78, 5) is 56.6. The number of amides is 1. The molecule has 0 N–H and O–H groups in total. The van der Waals surface area contributed by atoms with Gasteiger partial charge >= 0.3 is 11.6 Å². The number of piperazine rings is 1. The molecule has 1 amide bonds. The maximum absolute atomic E-state index is 12.3. The zero-order chi connectivity index (χ0) is 27.9. The Hall–Kier alpha value is -3.36. The van der Waals surface area contributed by atoms with Crippen molar-refractivity contribution in [2.45, 2.75) is 50.6 Å². The van der Waals surface area contributed by atoms with E-state index >= 15 is 0 Å². The maximum atomic E-state index is 12.3. The van der Waals surface area contributed by atoms with Gasteiger partial charge in [0.05, 0.1) is 22.2 Å². The summed E-state index contributed by atoms with van der Waals surface area (Å²) in [6.07, 6.45) is 9.03. The molecule has 2 atom stereocenters. The third-order valence-electron chi connectivity index (χ3n) is 7.26. The quantitative estimate of drug-likeness (QED) is 0.376. The Balaban J connectivity index is 0.000000149. The number of hydrogen-bond acceptors (Lipinski definition) is 10. The summed E-state index contributed by atoms with van der Waals surface area (Å²) in [7, 11) is 0. The van der Waals surface area contributed by atoms with Gasteiger partial charge in [0.15, 0.2) is 12.4 Å². The van der Waals surface area contributed by atoms with Crippen LogP contribution in [0.25, 0.3) is 0 Å². The molecule has 0 bridgehead atoms. The normalized spacial score (nSPS) is 22.6. The van der Waals surface area contributed by atoms with E-state index in [1.807, 2.05) is 0 Å². The fourth-order valence-electron chi connectivity index (χ4n) is 5.35. The number of rotatable bonds is 3. The van der Waals surface area contributed by atoms with Crippen molar-refractivity contribution in [2.75, 3.05) is 37.6 Å². The number of ketones is 1. The van der Waals surface area contributed by atoms with Crippen molar-refractivity contribution < 1.29 is 19.4 Å². The zero-order valence-corrected chi connectivity index (χ0v) is 22.9. The Bertz CT molecular complexity index is 1200. The molecule has 4 fully saturated rings. The molecule has 2 unspecified atom stereocenters. The first-order valence-corrected chi connectivity index (χ1v) is 13.7. The second kappa shape index (κ2) is 13.1. The van der Waals surface area contributed by atoms with Gasteiger partial charge in [-0.2, -0.15) is 0 Å². The Labute approximate surface area is 233 Å². The summed E-state index contributed by atoms with van der Waals surface area (Å²) in [6, 6.07) is 6.14. The van der Waals surface area contributed by atoms with Gasteiger partial charge in [0.25, 0.3) is 0 Å². The molecule has 14 heteroatoms. The lowest BCUT2D eigenvalue weighted by Gasteiger charge is -2.36. The predicted octanol–water partition coefficient (Wildman–Crippen LogP) is 3.37. The van der Waals surface area contributed by atoms with Crippen LogP contribution in [0, 0.1) is 20.2 Å². The molecule has 39 heavy (non-hydrogen) atoms. The van der Waals surface area contributed by atoms with Crippen molar-refractivity contribution in [2.24, 2.45) is 0 Å². The minimum Gasteiger partial charge on any atom is -0.358 e. The first kappa shape index (κ1) is 28.6. The van der Waals surface area contributed by atoms with Gasteiger partial charge in [-0.3, -0.25) is 19.4 Å². The van der Waals surface area contributed by atoms with E-state index in [4.69, 9.17) is 0 Å². The topological polar surface area (TPSA) is 156 Å². The number of Topliss-reactive ketones (excluding diaryl/α,β-unsaturated/α-hetero) is 1. The van der Waals surface area contributed by atoms with Crippen LogP contribution in [0.15, 0.2) is 41.1 Å². The molecule has 2 aromatic heterocycles. The van der Waals surface area contributed by atoms with Crippen molar-refractivity contribution in [1.29, 1.82) is 0 Å². The summed E-state index contributed by atoms with van der Waals surface area (Å²) in [6.45, 7) is 4.79. The average Bonchev–Trinajstić information content (AvgIpc) is 3.61. The Kier molecular flexibility index (Phi) is 9.64. The van der Waals surface area contributed by atoms with Gasteiger partial charge in [0, 0.05) is 31.6 Å². The lowest BCUT2D eigenvalue weighted by atomic mass is 10.0. The van der Waals surface area contributed by atoms with Gasteiger partial charge in [-0.05, 0) is 99.6 Å². The van der Waals surface area contributed by atoms with Crippen molar-refractivity contribution in [1.82, 2.24) is 19.8 Å². The zero-order valence-electron chi connectivity index (χ0n) is 21.4. The first-order valence-electron chi connectivity index (χ1n) is 12.9. The summed E-state index contributed by atoms with van der Waals surface area (Å²) >= 11 is 3.11. The number of hydrogen-bond donors (Lipinski definition) is 0. The number of fused-ring (bicyclic) bond motifs is 2. The summed E-state index contributed by atoms with van der Waals surface area (Å²) in [5.74, 6) is 0.238. The Morgan fingerprint density at radius 3 is 1.92 bits per heavy atom. The van der Waals surface area contributed by atoms with Gasteiger partial charge in [0.1, 0.15) is 5.78 Å². The third kappa shape index (κ3) is 7.19. The Morgan fingerprint density at radius 1 is 0.769 bits per heavy atom. The van der Waals surface area contributed by atoms with E-state index < -0.39 is 9.85 Å². The fraction of sp³-hybridized carbons (Fsp3) is 0.520. The van der Waals surface area contributed by atoms with E-state index in [-0.39, 0.29) is 23.6 Å². The van der Waals surface area contributed by atoms with Crippen LogP contribution in [0.4, 0.5) is 17.3 Å². The number of halogens is 1. The number of nitrogens with zero attached hydrogens (tertiary/aromatic N) is 7. The highest BCUT2D eigenvalue weighted by atomic mass is 79.9. The van der Waals surface area contributed by atoms with Gasteiger partial charge in [-0.1, -0.05) is 0 Å². The van der Waals surface area contributed by atoms with Crippen LogP contribution < -0.4 is 4.90 Å². The second-order valence-corrected chi connectivity index (χ2v) is 10.6. The highest BCUT2D eigenvalue weighted by molar-refractivity contribution is 9.10. The SMILES string of the molecule is O=C1C2CCCN2CCN1c1ccc([N+](=O)[O-])nc1.O=C1CCCN2CCCC12.O=[N+]([O-])c1ccc(Br)cn1. The molecule has 4 aliphatic heterocycles. The third-order valence-corrected chi connectivity index (χ3v) is 7.73. The molecule has 6 heterocycles. The van der Waals surface area contributed by atoms with Gasteiger partial charge in [-0.15, -0.1) is 0 Å². The molecular formula is C25H30BrN7O6. The van der Waals surface area contributed by atoms with Crippen molar-refractivity contribution in [3.05, 3.63) is 61.4 Å². The lowest BCUT2D eigenvalue weighted by Crippen LogP contribution is -2.54. The van der Waals surface area contributed by atoms with Crippen molar-refractivity contribution >= 4 is 44.9 Å². The van der Waals surface area contributed by atoms with Crippen LogP contribution in [-0.2, 0) is 9.59 Å². The first-order chi connectivity index (χ1) is 18.7. The molecule has 0 radical (unpaired) electrons. The number of nitro groups is 2. The lowest BCUT2D eigenvalue weighted by molar-refractivity contribution is -0.389. The standard InChI is InChI=1S/C12H14N4O3.C8H13NO.C5H3BrN2O2/c17-12-10-2-1-5-14(10)6-7-15(12)9-3-4-11(13-8-9)16(18)19;10-8-4-2-6-9-5-1-3-7(8)9;6-4-1-2-5(7-3-4)8(9)10/h3-4,8,10H,1-2,5-7H2;7H,1-6H2;1-3H. The van der Waals surface area contributed by atoms with Gasteiger partial charge in [-0.25, -0.2) is 0 Å². The molecule has 0 aliphatic carbocycles. The number of piperidine rings is 1. The molecule has 4 saturated heterocycles. The monoisotopic (exact) mass is 603 g/mol. The number of anilines is 1. The van der Waals surface area contributed by atoms with Crippen molar-refractivity contribution in [3.63, 3.8) is 0 Å². The maximum Gasteiger partial charge on any atom is 0.363 e. The molecule has 0 spiro atoms. The summed E-state index contributed by atoms with van der Waals surface area (Å²) in [5.41, 5.74) is 0.641. The van der Waals surface area contributed by atoms with E-state index in [0.29, 0.717) is 24.1 Å². The predicted molar refractivity (Wildman–Crippen MR) is 145 cm³/mol. The molecule has 0 aromatic carbocycles.